The SMILES string of the molecule is C=CCN1CCCC2C3=CC=C(OS(=O)(=O)C(F)(F)F)C2OC2CC(O)(CCC24OCCO4)[C@H]1C3. The molecular weight excluding hydrogens is 491 g/mol. The Bertz CT molecular complexity index is 1020. The predicted molar refractivity (Wildman–Crippen MR) is 117 cm³/mol. The van der Waals surface area contributed by atoms with Gasteiger partial charge in [0.15, 0.2) is 5.79 Å². The number of allylic oxidation sites excluding steroid dienone is 2. The molecule has 0 aromatic carbocycles. The monoisotopic (exact) mass is 521 g/mol. The van der Waals surface area contributed by atoms with E-state index in [0.717, 1.165) is 5.57 Å². The first-order chi connectivity index (χ1) is 16.5. The number of ether oxygens (including phenoxy) is 3. The van der Waals surface area contributed by atoms with Crippen molar-refractivity contribution in [2.45, 2.75) is 73.7 Å². The number of nitrogens with zero attached hydrogens (tertiary/aromatic N) is 1. The topological polar surface area (TPSA) is 94.5 Å². The quantitative estimate of drug-likeness (QED) is 0.343. The standard InChI is InChI=1S/C23H30F3NO7S/c1-2-9-27-10-3-4-16-15-5-6-17(34-35(29,30)23(24,25)26)20(16)33-19-14-21(28,18(27)13-15)7-8-22(19)31-11-12-32-22/h2,5-6,16,18-20,28H,1,3-4,7-14H2/t16?,18-,19?,20?,21?/m1/s1. The minimum absolute atomic E-state index is 0.126. The third-order valence-corrected chi connectivity index (χ3v) is 8.89. The van der Waals surface area contributed by atoms with Crippen molar-refractivity contribution < 1.29 is 45.1 Å². The van der Waals surface area contributed by atoms with Gasteiger partial charge in [-0.2, -0.15) is 21.6 Å². The highest BCUT2D eigenvalue weighted by Gasteiger charge is 2.59. The van der Waals surface area contributed by atoms with Crippen LogP contribution in [0.15, 0.2) is 36.1 Å². The van der Waals surface area contributed by atoms with Crippen molar-refractivity contribution in [2.24, 2.45) is 5.92 Å². The van der Waals surface area contributed by atoms with E-state index in [-0.39, 0.29) is 12.5 Å². The lowest BCUT2D eigenvalue weighted by Gasteiger charge is -2.50. The Kier molecular flexibility index (Phi) is 6.37. The van der Waals surface area contributed by atoms with Crippen molar-refractivity contribution in [3.8, 4) is 0 Å². The van der Waals surface area contributed by atoms with E-state index in [0.29, 0.717) is 58.4 Å². The molecule has 0 aromatic rings. The Morgan fingerprint density at radius 3 is 2.69 bits per heavy atom. The summed E-state index contributed by atoms with van der Waals surface area (Å²) in [4.78, 5) is 2.19. The number of fused-ring (bicyclic) bond motifs is 5. The van der Waals surface area contributed by atoms with Crippen LogP contribution >= 0.6 is 0 Å². The molecule has 4 fully saturated rings. The number of halogens is 3. The summed E-state index contributed by atoms with van der Waals surface area (Å²) >= 11 is 0. The molecule has 0 aromatic heterocycles. The summed E-state index contributed by atoms with van der Waals surface area (Å²) in [5, 5.41) is 12.0. The molecule has 1 saturated carbocycles. The van der Waals surface area contributed by atoms with Gasteiger partial charge >= 0.3 is 15.6 Å². The number of hydrogen-bond donors (Lipinski definition) is 1. The minimum atomic E-state index is -5.88. The number of hydrogen-bond acceptors (Lipinski definition) is 8. The van der Waals surface area contributed by atoms with Gasteiger partial charge in [0.2, 0.25) is 0 Å². The maximum atomic E-state index is 13.2. The molecule has 196 valence electrons. The lowest BCUT2D eigenvalue weighted by atomic mass is 9.71. The van der Waals surface area contributed by atoms with Gasteiger partial charge in [-0.1, -0.05) is 17.7 Å². The van der Waals surface area contributed by atoms with Crippen LogP contribution in [-0.4, -0.2) is 79.9 Å². The Hall–Kier alpha value is -1.44. The van der Waals surface area contributed by atoms with E-state index in [9.17, 15) is 26.7 Å². The van der Waals surface area contributed by atoms with E-state index in [1.807, 2.05) is 0 Å². The zero-order valence-electron chi connectivity index (χ0n) is 19.2. The first-order valence-electron chi connectivity index (χ1n) is 11.9. The van der Waals surface area contributed by atoms with Crippen LogP contribution in [0.3, 0.4) is 0 Å². The molecule has 0 radical (unpaired) electrons. The first kappa shape index (κ1) is 25.2. The van der Waals surface area contributed by atoms with E-state index in [2.05, 4.69) is 15.7 Å². The molecule has 3 heterocycles. The predicted octanol–water partition coefficient (Wildman–Crippen LogP) is 2.76. The van der Waals surface area contributed by atoms with Crippen LogP contribution in [0.5, 0.6) is 0 Å². The number of aliphatic hydroxyl groups is 1. The molecule has 5 atom stereocenters. The van der Waals surface area contributed by atoms with E-state index in [4.69, 9.17) is 14.2 Å². The second-order valence-corrected chi connectivity index (χ2v) is 11.4. The molecule has 6 bridgehead atoms. The molecule has 1 spiro atoms. The second kappa shape index (κ2) is 8.84. The molecule has 3 aliphatic heterocycles. The zero-order valence-corrected chi connectivity index (χ0v) is 20.0. The largest absolute Gasteiger partial charge is 0.534 e. The highest BCUT2D eigenvalue weighted by atomic mass is 32.2. The highest BCUT2D eigenvalue weighted by molar-refractivity contribution is 7.87. The van der Waals surface area contributed by atoms with Gasteiger partial charge in [-0.05, 0) is 38.3 Å². The molecule has 35 heavy (non-hydrogen) atoms. The summed E-state index contributed by atoms with van der Waals surface area (Å²) in [5.41, 5.74) is -5.86. The van der Waals surface area contributed by atoms with Gasteiger partial charge in [0, 0.05) is 31.3 Å². The Balaban J connectivity index is 1.60. The highest BCUT2D eigenvalue weighted by Crippen LogP contribution is 2.51. The molecule has 5 aliphatic rings. The van der Waals surface area contributed by atoms with Gasteiger partial charge in [0.1, 0.15) is 18.0 Å². The Labute approximate surface area is 202 Å². The normalized spacial score (nSPS) is 37.4. The molecular formula is C23H30F3NO7S. The van der Waals surface area contributed by atoms with Crippen LogP contribution in [0.1, 0.15) is 38.5 Å². The van der Waals surface area contributed by atoms with Gasteiger partial charge < -0.3 is 23.5 Å². The van der Waals surface area contributed by atoms with Crippen molar-refractivity contribution in [3.05, 3.63) is 36.1 Å². The summed E-state index contributed by atoms with van der Waals surface area (Å²) in [7, 11) is -5.88. The van der Waals surface area contributed by atoms with Crippen LogP contribution in [-0.2, 0) is 28.5 Å². The zero-order chi connectivity index (χ0) is 25.1. The summed E-state index contributed by atoms with van der Waals surface area (Å²) in [6.07, 6.45) is 5.28. The van der Waals surface area contributed by atoms with Crippen molar-refractivity contribution in [1.29, 1.82) is 0 Å². The molecule has 12 heteroatoms. The van der Waals surface area contributed by atoms with E-state index < -0.39 is 50.9 Å². The van der Waals surface area contributed by atoms with Crippen molar-refractivity contribution in [2.75, 3.05) is 26.3 Å². The molecule has 4 unspecified atom stereocenters. The molecule has 3 saturated heterocycles. The van der Waals surface area contributed by atoms with Gasteiger partial charge in [0.25, 0.3) is 0 Å². The first-order valence-corrected chi connectivity index (χ1v) is 13.3. The average molecular weight is 522 g/mol. The third kappa shape index (κ3) is 4.36. The van der Waals surface area contributed by atoms with Crippen LogP contribution in [0.4, 0.5) is 13.2 Å². The lowest BCUT2D eigenvalue weighted by Crippen LogP contribution is -2.62. The van der Waals surface area contributed by atoms with Gasteiger partial charge in [-0.3, -0.25) is 4.90 Å². The van der Waals surface area contributed by atoms with E-state index in [1.165, 1.54) is 6.08 Å². The van der Waals surface area contributed by atoms with Crippen LogP contribution in [0, 0.1) is 5.92 Å². The fourth-order valence-corrected chi connectivity index (χ4v) is 6.76. The molecule has 2 aliphatic carbocycles. The van der Waals surface area contributed by atoms with Gasteiger partial charge in [-0.15, -0.1) is 6.58 Å². The smallest absolute Gasteiger partial charge is 0.388 e. The third-order valence-electron chi connectivity index (χ3n) is 7.91. The van der Waals surface area contributed by atoms with Crippen LogP contribution in [0.2, 0.25) is 0 Å². The maximum absolute atomic E-state index is 13.2. The lowest BCUT2D eigenvalue weighted by molar-refractivity contribution is -0.284. The molecule has 8 nitrogen and oxygen atoms in total. The van der Waals surface area contributed by atoms with Crippen molar-refractivity contribution >= 4 is 10.1 Å². The Morgan fingerprint density at radius 1 is 1.26 bits per heavy atom. The van der Waals surface area contributed by atoms with Crippen molar-refractivity contribution in [1.82, 2.24) is 4.90 Å². The van der Waals surface area contributed by atoms with E-state index in [1.54, 1.807) is 12.2 Å². The summed E-state index contributed by atoms with van der Waals surface area (Å²) in [5.74, 6) is -1.98. The van der Waals surface area contributed by atoms with Gasteiger partial charge in [0.05, 0.1) is 18.8 Å². The van der Waals surface area contributed by atoms with Gasteiger partial charge in [-0.25, -0.2) is 0 Å². The van der Waals surface area contributed by atoms with E-state index >= 15 is 0 Å². The Morgan fingerprint density at radius 2 is 2.00 bits per heavy atom. The summed E-state index contributed by atoms with van der Waals surface area (Å²) in [6, 6.07) is -0.284. The summed E-state index contributed by atoms with van der Waals surface area (Å²) < 4.78 is 86.2. The van der Waals surface area contributed by atoms with Crippen LogP contribution in [0.25, 0.3) is 0 Å². The summed E-state index contributed by atoms with van der Waals surface area (Å²) in [6.45, 7) is 5.74. The molecule has 0 amide bonds. The minimum Gasteiger partial charge on any atom is -0.388 e. The number of alkyl halides is 3. The fraction of sp³-hybridized carbons (Fsp3) is 0.739. The number of likely N-dealkylation sites (tertiary alicyclic amines) is 1. The van der Waals surface area contributed by atoms with Crippen LogP contribution < -0.4 is 0 Å². The average Bonchev–Trinajstić information content (AvgIpc) is 3.24. The van der Waals surface area contributed by atoms with Crippen molar-refractivity contribution in [3.63, 3.8) is 0 Å². The number of rotatable bonds is 4. The maximum Gasteiger partial charge on any atom is 0.534 e. The fourth-order valence-electron chi connectivity index (χ4n) is 6.27. The second-order valence-electron chi connectivity index (χ2n) is 9.91. The molecule has 5 rings (SSSR count). The molecule has 1 N–H and O–H groups in total.